The molecule has 2 aromatic heterocycles. The largest absolute Gasteiger partial charge is 0.360 e. The molecule has 0 aliphatic heterocycles. The maximum atomic E-state index is 12.3. The number of carbonyl (C=O) groups excluding carboxylic acids is 2. The predicted octanol–water partition coefficient (Wildman–Crippen LogP) is 1.35. The number of nitrogens with one attached hydrogen (secondary N) is 3. The summed E-state index contributed by atoms with van der Waals surface area (Å²) in [6.45, 7) is -0.245. The van der Waals surface area contributed by atoms with E-state index in [1.54, 1.807) is 35.8 Å². The molecule has 23 heavy (non-hydrogen) atoms. The summed E-state index contributed by atoms with van der Waals surface area (Å²) < 4.78 is 0. The van der Waals surface area contributed by atoms with Gasteiger partial charge in [-0.3, -0.25) is 14.4 Å². The molecule has 2 heterocycles. The molecule has 1 aromatic carbocycles. The average molecular weight is 328 g/mol. The lowest BCUT2D eigenvalue weighted by molar-refractivity contribution is -0.115. The second-order valence-corrected chi connectivity index (χ2v) is 5.54. The Morgan fingerprint density at radius 2 is 2.09 bits per heavy atom. The first-order valence-corrected chi connectivity index (χ1v) is 7.61. The van der Waals surface area contributed by atoms with Crippen LogP contribution in [0.25, 0.3) is 10.9 Å². The molecule has 0 fully saturated rings. The maximum absolute atomic E-state index is 12.3. The van der Waals surface area contributed by atoms with E-state index in [2.05, 4.69) is 20.6 Å². The highest BCUT2D eigenvalue weighted by Crippen LogP contribution is 2.09. The number of pyridine rings is 1. The van der Waals surface area contributed by atoms with Gasteiger partial charge in [0.25, 0.3) is 5.91 Å². The molecule has 7 nitrogen and oxygen atoms in total. The minimum absolute atomic E-state index is 0.0363. The molecule has 3 aromatic rings. The Labute approximate surface area is 134 Å². The van der Waals surface area contributed by atoms with Crippen molar-refractivity contribution < 1.29 is 9.59 Å². The molecule has 0 spiro atoms. The molecular formula is C15H12N4O3S. The second kappa shape index (κ2) is 6.41. The first-order valence-electron chi connectivity index (χ1n) is 6.73. The molecule has 0 saturated heterocycles. The van der Waals surface area contributed by atoms with E-state index in [0.717, 1.165) is 0 Å². The number of H-pyrrole nitrogens is 1. The van der Waals surface area contributed by atoms with Crippen LogP contribution in [0, 0.1) is 0 Å². The molecule has 0 aliphatic rings. The monoisotopic (exact) mass is 328 g/mol. The fourth-order valence-electron chi connectivity index (χ4n) is 2.04. The third-order valence-electron chi connectivity index (χ3n) is 3.12. The minimum atomic E-state index is -0.605. The van der Waals surface area contributed by atoms with Crippen molar-refractivity contribution in [3.63, 3.8) is 0 Å². The Morgan fingerprint density at radius 1 is 1.26 bits per heavy atom. The number of para-hydroxylation sites is 1. The van der Waals surface area contributed by atoms with E-state index in [-0.39, 0.29) is 17.5 Å². The van der Waals surface area contributed by atoms with Crippen molar-refractivity contribution in [2.24, 2.45) is 0 Å². The van der Waals surface area contributed by atoms with Crippen molar-refractivity contribution in [1.82, 2.24) is 15.3 Å². The van der Waals surface area contributed by atoms with Crippen LogP contribution in [-0.2, 0) is 4.79 Å². The molecule has 0 unspecified atom stereocenters. The number of anilines is 1. The SMILES string of the molecule is O=C(CNC(=O)c1c[nH]c2ccccc2c1=O)Nc1nccs1. The number of carbonyl (C=O) groups is 2. The quantitative estimate of drug-likeness (QED) is 0.672. The number of hydrogen-bond donors (Lipinski definition) is 3. The van der Waals surface area contributed by atoms with E-state index in [4.69, 9.17) is 0 Å². The van der Waals surface area contributed by atoms with Gasteiger partial charge in [-0.15, -0.1) is 11.3 Å². The lowest BCUT2D eigenvalue weighted by Gasteiger charge is -2.05. The van der Waals surface area contributed by atoms with E-state index in [9.17, 15) is 14.4 Å². The van der Waals surface area contributed by atoms with E-state index in [1.165, 1.54) is 17.5 Å². The summed E-state index contributed by atoms with van der Waals surface area (Å²) in [5.41, 5.74) is 0.235. The Morgan fingerprint density at radius 3 is 2.87 bits per heavy atom. The lowest BCUT2D eigenvalue weighted by Crippen LogP contribution is -2.35. The number of amides is 2. The summed E-state index contributed by atoms with van der Waals surface area (Å²) in [4.78, 5) is 42.9. The zero-order chi connectivity index (χ0) is 16.2. The zero-order valence-electron chi connectivity index (χ0n) is 11.8. The molecule has 0 bridgehead atoms. The third kappa shape index (κ3) is 3.27. The molecular weight excluding hydrogens is 316 g/mol. The Balaban J connectivity index is 1.70. The van der Waals surface area contributed by atoms with Crippen LogP contribution >= 0.6 is 11.3 Å². The van der Waals surface area contributed by atoms with Gasteiger partial charge in [0.1, 0.15) is 5.56 Å². The number of thiazole rings is 1. The number of aromatic nitrogens is 2. The summed E-state index contributed by atoms with van der Waals surface area (Å²) in [6, 6.07) is 6.90. The van der Waals surface area contributed by atoms with Gasteiger partial charge in [0.15, 0.2) is 5.13 Å². The second-order valence-electron chi connectivity index (χ2n) is 4.65. The van der Waals surface area contributed by atoms with E-state index in [1.807, 2.05) is 0 Å². The van der Waals surface area contributed by atoms with Crippen molar-refractivity contribution in [1.29, 1.82) is 0 Å². The van der Waals surface area contributed by atoms with Crippen LogP contribution in [0.5, 0.6) is 0 Å². The maximum Gasteiger partial charge on any atom is 0.257 e. The van der Waals surface area contributed by atoms with Crippen LogP contribution in [0.2, 0.25) is 0 Å². The fourth-order valence-corrected chi connectivity index (χ4v) is 2.59. The van der Waals surface area contributed by atoms with Crippen LogP contribution in [0.3, 0.4) is 0 Å². The Kier molecular flexibility index (Phi) is 4.15. The predicted molar refractivity (Wildman–Crippen MR) is 87.6 cm³/mol. The van der Waals surface area contributed by atoms with Gasteiger partial charge in [0, 0.05) is 28.7 Å². The molecule has 116 valence electrons. The topological polar surface area (TPSA) is 104 Å². The van der Waals surface area contributed by atoms with E-state index >= 15 is 0 Å². The summed E-state index contributed by atoms with van der Waals surface area (Å²) in [7, 11) is 0. The summed E-state index contributed by atoms with van der Waals surface area (Å²) in [6.07, 6.45) is 2.91. The highest BCUT2D eigenvalue weighted by Gasteiger charge is 2.14. The highest BCUT2D eigenvalue weighted by molar-refractivity contribution is 7.13. The van der Waals surface area contributed by atoms with Crippen molar-refractivity contribution in [2.45, 2.75) is 0 Å². The smallest absolute Gasteiger partial charge is 0.257 e. The van der Waals surface area contributed by atoms with Crippen LogP contribution in [-0.4, -0.2) is 28.3 Å². The molecule has 0 radical (unpaired) electrons. The number of fused-ring (bicyclic) bond motifs is 1. The minimum Gasteiger partial charge on any atom is -0.360 e. The average Bonchev–Trinajstić information content (AvgIpc) is 3.06. The number of benzene rings is 1. The van der Waals surface area contributed by atoms with Gasteiger partial charge in [-0.1, -0.05) is 12.1 Å². The lowest BCUT2D eigenvalue weighted by atomic mass is 10.1. The van der Waals surface area contributed by atoms with Gasteiger partial charge < -0.3 is 15.6 Å². The molecule has 3 rings (SSSR count). The van der Waals surface area contributed by atoms with Crippen LogP contribution in [0.15, 0.2) is 46.8 Å². The third-order valence-corrected chi connectivity index (χ3v) is 3.81. The summed E-state index contributed by atoms with van der Waals surface area (Å²) in [5, 5.41) is 7.56. The van der Waals surface area contributed by atoms with E-state index in [0.29, 0.717) is 16.0 Å². The van der Waals surface area contributed by atoms with Gasteiger partial charge in [-0.05, 0) is 12.1 Å². The van der Waals surface area contributed by atoms with Crippen molar-refractivity contribution in [3.05, 3.63) is 57.8 Å². The summed E-state index contributed by atoms with van der Waals surface area (Å²) >= 11 is 1.27. The van der Waals surface area contributed by atoms with Gasteiger partial charge in [0.2, 0.25) is 11.3 Å². The van der Waals surface area contributed by atoms with Gasteiger partial charge >= 0.3 is 0 Å². The van der Waals surface area contributed by atoms with Crippen molar-refractivity contribution >= 4 is 39.2 Å². The van der Waals surface area contributed by atoms with Gasteiger partial charge in [0.05, 0.1) is 6.54 Å². The first kappa shape index (κ1) is 14.9. The zero-order valence-corrected chi connectivity index (χ0v) is 12.6. The number of rotatable bonds is 4. The Hall–Kier alpha value is -3.00. The number of hydrogen-bond acceptors (Lipinski definition) is 5. The number of aromatic amines is 1. The fraction of sp³-hybridized carbons (Fsp3) is 0.0667. The summed E-state index contributed by atoms with van der Waals surface area (Å²) in [5.74, 6) is -1.02. The van der Waals surface area contributed by atoms with Crippen LogP contribution in [0.1, 0.15) is 10.4 Å². The standard InChI is InChI=1S/C15H12N4O3S/c20-12(19-15-16-5-6-23-15)8-18-14(22)10-7-17-11-4-2-1-3-9(11)13(10)21/h1-7H,8H2,(H,17,21)(H,18,22)(H,16,19,20). The Bertz CT molecular complexity index is 918. The normalized spacial score (nSPS) is 10.4. The molecule has 0 saturated carbocycles. The first-order chi connectivity index (χ1) is 11.1. The molecule has 0 atom stereocenters. The molecule has 0 aliphatic carbocycles. The number of nitrogens with zero attached hydrogens (tertiary/aromatic N) is 1. The van der Waals surface area contributed by atoms with Crippen molar-refractivity contribution in [2.75, 3.05) is 11.9 Å². The van der Waals surface area contributed by atoms with Crippen LogP contribution in [0.4, 0.5) is 5.13 Å². The van der Waals surface area contributed by atoms with Crippen LogP contribution < -0.4 is 16.1 Å². The van der Waals surface area contributed by atoms with E-state index < -0.39 is 11.8 Å². The molecule has 8 heteroatoms. The molecule has 2 amide bonds. The van der Waals surface area contributed by atoms with Crippen molar-refractivity contribution in [3.8, 4) is 0 Å². The van der Waals surface area contributed by atoms with Gasteiger partial charge in [-0.2, -0.15) is 0 Å². The van der Waals surface area contributed by atoms with Gasteiger partial charge in [-0.25, -0.2) is 4.98 Å². The molecule has 3 N–H and O–H groups in total. The highest BCUT2D eigenvalue weighted by atomic mass is 32.1.